The highest BCUT2D eigenvalue weighted by atomic mass is 19.1. The Morgan fingerprint density at radius 3 is 1.88 bits per heavy atom. The van der Waals surface area contributed by atoms with Gasteiger partial charge in [-0.05, 0) is 41.7 Å². The van der Waals surface area contributed by atoms with Crippen molar-refractivity contribution in [1.29, 1.82) is 0 Å². The Morgan fingerprint density at radius 2 is 1.29 bits per heavy atom. The summed E-state index contributed by atoms with van der Waals surface area (Å²) >= 11 is 0. The van der Waals surface area contributed by atoms with Crippen molar-refractivity contribution < 1.29 is 4.39 Å². The van der Waals surface area contributed by atoms with Gasteiger partial charge in [-0.2, -0.15) is 10.2 Å². The van der Waals surface area contributed by atoms with Crippen LogP contribution in [-0.4, -0.2) is 12.4 Å². The first-order valence-corrected chi connectivity index (χ1v) is 8.69. The van der Waals surface area contributed by atoms with E-state index in [0.29, 0.717) is 0 Å². The maximum absolute atomic E-state index is 12.8. The lowest BCUT2D eigenvalue weighted by Gasteiger charge is -2.02. The highest BCUT2D eigenvalue weighted by Crippen LogP contribution is 2.10. The van der Waals surface area contributed by atoms with E-state index in [1.165, 1.54) is 49.8 Å². The maximum atomic E-state index is 12.8. The average Bonchev–Trinajstić information content (AvgIpc) is 2.61. The summed E-state index contributed by atoms with van der Waals surface area (Å²) < 4.78 is 12.8. The number of benzene rings is 2. The van der Waals surface area contributed by atoms with E-state index in [-0.39, 0.29) is 5.82 Å². The highest BCUT2D eigenvalue weighted by Gasteiger charge is 1.94. The molecule has 3 heteroatoms. The van der Waals surface area contributed by atoms with Crippen molar-refractivity contribution in [2.45, 2.75) is 45.4 Å². The molecule has 24 heavy (non-hydrogen) atoms. The summed E-state index contributed by atoms with van der Waals surface area (Å²) in [6.07, 6.45) is 11.0. The second kappa shape index (κ2) is 10.5. The predicted molar refractivity (Wildman–Crippen MR) is 100 cm³/mol. The summed E-state index contributed by atoms with van der Waals surface area (Å²) in [5, 5.41) is 8.02. The van der Waals surface area contributed by atoms with Gasteiger partial charge in [0.15, 0.2) is 0 Å². The van der Waals surface area contributed by atoms with Crippen LogP contribution in [0.2, 0.25) is 0 Å². The monoisotopic (exact) mass is 324 g/mol. The van der Waals surface area contributed by atoms with Crippen molar-refractivity contribution in [3.8, 4) is 0 Å². The summed E-state index contributed by atoms with van der Waals surface area (Å²) in [4.78, 5) is 0. The molecule has 0 N–H and O–H groups in total. The Bertz CT molecular complexity index is 643. The molecule has 0 fully saturated rings. The van der Waals surface area contributed by atoms with Crippen molar-refractivity contribution in [2.75, 3.05) is 0 Å². The molecule has 0 aliphatic rings. The molecular formula is C21H25FN2. The molecule has 0 aliphatic carbocycles. The van der Waals surface area contributed by atoms with Gasteiger partial charge in [0.1, 0.15) is 5.82 Å². The minimum atomic E-state index is -0.249. The molecule has 0 aromatic heterocycles. The van der Waals surface area contributed by atoms with E-state index in [4.69, 9.17) is 0 Å². The van der Waals surface area contributed by atoms with Crippen molar-refractivity contribution in [2.24, 2.45) is 10.2 Å². The van der Waals surface area contributed by atoms with Crippen LogP contribution in [0.4, 0.5) is 4.39 Å². The Labute approximate surface area is 144 Å². The van der Waals surface area contributed by atoms with Crippen LogP contribution in [0.3, 0.4) is 0 Å². The molecule has 2 aromatic rings. The number of unbranched alkanes of at least 4 members (excludes halogenated alkanes) is 4. The molecule has 0 saturated heterocycles. The van der Waals surface area contributed by atoms with E-state index < -0.39 is 0 Å². The van der Waals surface area contributed by atoms with Crippen molar-refractivity contribution >= 4 is 12.4 Å². The molecule has 0 bridgehead atoms. The van der Waals surface area contributed by atoms with E-state index in [9.17, 15) is 4.39 Å². The Kier molecular flexibility index (Phi) is 7.88. The van der Waals surface area contributed by atoms with Gasteiger partial charge >= 0.3 is 0 Å². The number of rotatable bonds is 9. The fourth-order valence-electron chi connectivity index (χ4n) is 2.45. The smallest absolute Gasteiger partial charge is 0.123 e. The molecule has 0 saturated carbocycles. The molecule has 0 atom stereocenters. The van der Waals surface area contributed by atoms with Gasteiger partial charge in [0, 0.05) is 0 Å². The van der Waals surface area contributed by atoms with Crippen LogP contribution >= 0.6 is 0 Å². The SMILES string of the molecule is CCCCCCCc1ccc(/C=N/N=C/c2ccc(F)cc2)cc1. The summed E-state index contributed by atoms with van der Waals surface area (Å²) in [7, 11) is 0. The summed E-state index contributed by atoms with van der Waals surface area (Å²) in [6, 6.07) is 14.6. The van der Waals surface area contributed by atoms with Crippen molar-refractivity contribution in [3.05, 3.63) is 71.0 Å². The van der Waals surface area contributed by atoms with Gasteiger partial charge in [-0.1, -0.05) is 69.0 Å². The van der Waals surface area contributed by atoms with Crippen LogP contribution in [-0.2, 0) is 6.42 Å². The third kappa shape index (κ3) is 6.86. The quantitative estimate of drug-likeness (QED) is 0.317. The maximum Gasteiger partial charge on any atom is 0.123 e. The molecule has 2 rings (SSSR count). The first-order valence-electron chi connectivity index (χ1n) is 8.69. The van der Waals surface area contributed by atoms with Gasteiger partial charge in [-0.15, -0.1) is 0 Å². The Morgan fingerprint density at radius 1 is 0.750 bits per heavy atom. The number of hydrogen-bond acceptors (Lipinski definition) is 2. The van der Waals surface area contributed by atoms with Crippen LogP contribution in [0.25, 0.3) is 0 Å². The molecule has 0 spiro atoms. The molecule has 0 aliphatic heterocycles. The third-order valence-electron chi connectivity index (χ3n) is 3.90. The number of nitrogens with zero attached hydrogens (tertiary/aromatic N) is 2. The Balaban J connectivity index is 1.77. The van der Waals surface area contributed by atoms with Crippen LogP contribution in [0.5, 0.6) is 0 Å². The second-order valence-corrected chi connectivity index (χ2v) is 5.95. The predicted octanol–water partition coefficient (Wildman–Crippen LogP) is 5.79. The molecule has 0 unspecified atom stereocenters. The standard InChI is InChI=1S/C21H25FN2/c1-2-3-4-5-6-7-18-8-10-19(11-9-18)16-23-24-17-20-12-14-21(22)15-13-20/h8-17H,2-7H2,1H3/b23-16+,24-17+. The molecule has 2 nitrogen and oxygen atoms in total. The van der Waals surface area contributed by atoms with E-state index in [1.807, 2.05) is 0 Å². The Hall–Kier alpha value is -2.29. The van der Waals surface area contributed by atoms with Crippen LogP contribution < -0.4 is 0 Å². The minimum Gasteiger partial charge on any atom is -0.207 e. The van der Waals surface area contributed by atoms with E-state index in [2.05, 4.69) is 41.4 Å². The molecular weight excluding hydrogens is 299 g/mol. The first-order chi connectivity index (χ1) is 11.8. The minimum absolute atomic E-state index is 0.249. The number of aryl methyl sites for hydroxylation is 1. The fraction of sp³-hybridized carbons (Fsp3) is 0.333. The topological polar surface area (TPSA) is 24.7 Å². The molecule has 126 valence electrons. The summed E-state index contributed by atoms with van der Waals surface area (Å²) in [5.74, 6) is -0.249. The first kappa shape index (κ1) is 18.1. The number of halogens is 1. The third-order valence-corrected chi connectivity index (χ3v) is 3.90. The average molecular weight is 324 g/mol. The summed E-state index contributed by atoms with van der Waals surface area (Å²) in [5.41, 5.74) is 3.23. The molecule has 0 heterocycles. The van der Waals surface area contributed by atoms with Gasteiger partial charge in [0.25, 0.3) is 0 Å². The zero-order valence-electron chi connectivity index (χ0n) is 14.3. The fourth-order valence-corrected chi connectivity index (χ4v) is 2.45. The largest absolute Gasteiger partial charge is 0.207 e. The normalized spacial score (nSPS) is 11.6. The van der Waals surface area contributed by atoms with E-state index >= 15 is 0 Å². The van der Waals surface area contributed by atoms with Gasteiger partial charge in [0.2, 0.25) is 0 Å². The van der Waals surface area contributed by atoms with E-state index in [1.54, 1.807) is 24.6 Å². The lowest BCUT2D eigenvalue weighted by atomic mass is 10.0. The summed E-state index contributed by atoms with van der Waals surface area (Å²) in [6.45, 7) is 2.24. The zero-order chi connectivity index (χ0) is 17.0. The van der Waals surface area contributed by atoms with Gasteiger partial charge in [-0.25, -0.2) is 4.39 Å². The highest BCUT2D eigenvalue weighted by molar-refractivity contribution is 5.82. The van der Waals surface area contributed by atoms with E-state index in [0.717, 1.165) is 17.5 Å². The zero-order valence-corrected chi connectivity index (χ0v) is 14.3. The molecule has 0 radical (unpaired) electrons. The van der Waals surface area contributed by atoms with Crippen LogP contribution in [0, 0.1) is 5.82 Å². The van der Waals surface area contributed by atoms with Crippen LogP contribution in [0.1, 0.15) is 55.7 Å². The van der Waals surface area contributed by atoms with Gasteiger partial charge in [-0.3, -0.25) is 0 Å². The lowest BCUT2D eigenvalue weighted by Crippen LogP contribution is -1.88. The molecule has 0 amide bonds. The van der Waals surface area contributed by atoms with Crippen molar-refractivity contribution in [1.82, 2.24) is 0 Å². The van der Waals surface area contributed by atoms with Gasteiger partial charge < -0.3 is 0 Å². The van der Waals surface area contributed by atoms with Crippen LogP contribution in [0.15, 0.2) is 58.7 Å². The second-order valence-electron chi connectivity index (χ2n) is 5.95. The lowest BCUT2D eigenvalue weighted by molar-refractivity contribution is 0.628. The molecule has 2 aromatic carbocycles. The van der Waals surface area contributed by atoms with Crippen molar-refractivity contribution in [3.63, 3.8) is 0 Å². The number of hydrogen-bond donors (Lipinski definition) is 0. The van der Waals surface area contributed by atoms with Gasteiger partial charge in [0.05, 0.1) is 12.4 Å².